The molecule has 2 aromatic rings. The number of ether oxygens (including phenoxy) is 1. The molecule has 0 unspecified atom stereocenters. The molecule has 23 heavy (non-hydrogen) atoms. The van der Waals surface area contributed by atoms with E-state index in [-0.39, 0.29) is 5.75 Å². The Kier molecular flexibility index (Phi) is 6.35. The second-order valence-electron chi connectivity index (χ2n) is 4.96. The van der Waals surface area contributed by atoms with Gasteiger partial charge in [0.15, 0.2) is 17.5 Å². The van der Waals surface area contributed by atoms with Crippen molar-refractivity contribution in [1.29, 1.82) is 0 Å². The van der Waals surface area contributed by atoms with Crippen molar-refractivity contribution in [2.45, 2.75) is 19.9 Å². The first-order chi connectivity index (χ1) is 11.2. The van der Waals surface area contributed by atoms with Crippen molar-refractivity contribution in [1.82, 2.24) is 10.6 Å². The Morgan fingerprint density at radius 2 is 2.17 bits per heavy atom. The third kappa shape index (κ3) is 5.25. The van der Waals surface area contributed by atoms with Crippen molar-refractivity contribution < 1.29 is 14.3 Å². The number of hydrogen-bond acceptors (Lipinski definition) is 4. The molecule has 0 atom stereocenters. The second kappa shape index (κ2) is 8.73. The fourth-order valence-corrected chi connectivity index (χ4v) is 2.10. The van der Waals surface area contributed by atoms with E-state index in [4.69, 9.17) is 9.15 Å². The Bertz CT molecular complexity index is 624. The molecular weight excluding hydrogens is 294 g/mol. The van der Waals surface area contributed by atoms with Crippen LogP contribution >= 0.6 is 0 Å². The van der Waals surface area contributed by atoms with Crippen LogP contribution in [0.4, 0.5) is 0 Å². The van der Waals surface area contributed by atoms with E-state index in [1.165, 1.54) is 0 Å². The van der Waals surface area contributed by atoms with Crippen LogP contribution in [0.2, 0.25) is 0 Å². The summed E-state index contributed by atoms with van der Waals surface area (Å²) in [7, 11) is 1.54. The lowest BCUT2D eigenvalue weighted by Gasteiger charge is -2.11. The van der Waals surface area contributed by atoms with Crippen LogP contribution in [0.15, 0.2) is 46.0 Å². The molecule has 2 rings (SSSR count). The highest BCUT2D eigenvalue weighted by Crippen LogP contribution is 2.26. The standard InChI is InChI=1S/C17H23N3O3/c1-3-18-17(20-12-14-5-4-10-23-14)19-9-8-13-6-7-15(21)16(11-13)22-2/h4-7,10-11,21H,3,8-9,12H2,1-2H3,(H2,18,19,20). The van der Waals surface area contributed by atoms with E-state index >= 15 is 0 Å². The van der Waals surface area contributed by atoms with Crippen LogP contribution in [0.5, 0.6) is 11.5 Å². The van der Waals surface area contributed by atoms with Crippen molar-refractivity contribution in [3.63, 3.8) is 0 Å². The van der Waals surface area contributed by atoms with Crippen molar-refractivity contribution in [3.05, 3.63) is 47.9 Å². The Balaban J connectivity index is 1.87. The van der Waals surface area contributed by atoms with Gasteiger partial charge in [-0.2, -0.15) is 0 Å². The first-order valence-corrected chi connectivity index (χ1v) is 7.63. The van der Waals surface area contributed by atoms with Gasteiger partial charge in [-0.1, -0.05) is 6.07 Å². The third-order valence-corrected chi connectivity index (χ3v) is 3.27. The minimum absolute atomic E-state index is 0.151. The second-order valence-corrected chi connectivity index (χ2v) is 4.96. The summed E-state index contributed by atoms with van der Waals surface area (Å²) in [6.45, 7) is 4.03. The van der Waals surface area contributed by atoms with Crippen LogP contribution in [0, 0.1) is 0 Å². The SMILES string of the molecule is CCNC(=NCc1ccco1)NCCc1ccc(O)c(OC)c1. The monoisotopic (exact) mass is 317 g/mol. The smallest absolute Gasteiger partial charge is 0.191 e. The summed E-state index contributed by atoms with van der Waals surface area (Å²) in [5.41, 5.74) is 1.08. The molecule has 0 spiro atoms. The molecule has 0 radical (unpaired) electrons. The van der Waals surface area contributed by atoms with E-state index in [0.29, 0.717) is 12.3 Å². The molecular formula is C17H23N3O3. The number of nitrogens with one attached hydrogen (secondary N) is 2. The summed E-state index contributed by atoms with van der Waals surface area (Å²) in [5.74, 6) is 2.21. The fourth-order valence-electron chi connectivity index (χ4n) is 2.10. The number of aliphatic imine (C=N–C) groups is 1. The van der Waals surface area contributed by atoms with Gasteiger partial charge in [-0.3, -0.25) is 0 Å². The molecule has 1 heterocycles. The first kappa shape index (κ1) is 16.7. The molecule has 1 aromatic heterocycles. The lowest BCUT2D eigenvalue weighted by molar-refractivity contribution is 0.373. The average molecular weight is 317 g/mol. The summed E-state index contributed by atoms with van der Waals surface area (Å²) in [6.07, 6.45) is 2.44. The van der Waals surface area contributed by atoms with E-state index in [2.05, 4.69) is 15.6 Å². The van der Waals surface area contributed by atoms with Crippen LogP contribution in [-0.4, -0.2) is 31.3 Å². The molecule has 3 N–H and O–H groups in total. The van der Waals surface area contributed by atoms with Gasteiger partial charge in [0.25, 0.3) is 0 Å². The van der Waals surface area contributed by atoms with E-state index in [1.54, 1.807) is 19.4 Å². The summed E-state index contributed by atoms with van der Waals surface area (Å²) >= 11 is 0. The highest BCUT2D eigenvalue weighted by atomic mass is 16.5. The van der Waals surface area contributed by atoms with Crippen LogP contribution in [0.25, 0.3) is 0 Å². The third-order valence-electron chi connectivity index (χ3n) is 3.27. The normalized spacial score (nSPS) is 11.3. The van der Waals surface area contributed by atoms with Crippen molar-refractivity contribution in [2.75, 3.05) is 20.2 Å². The molecule has 1 aromatic carbocycles. The van der Waals surface area contributed by atoms with E-state index in [1.807, 2.05) is 31.2 Å². The maximum Gasteiger partial charge on any atom is 0.191 e. The molecule has 0 saturated heterocycles. The van der Waals surface area contributed by atoms with Crippen molar-refractivity contribution >= 4 is 5.96 Å². The molecule has 0 aliphatic carbocycles. The van der Waals surface area contributed by atoms with E-state index in [9.17, 15) is 5.11 Å². The minimum atomic E-state index is 0.151. The van der Waals surface area contributed by atoms with Crippen LogP contribution in [0.3, 0.4) is 0 Å². The molecule has 0 fully saturated rings. The summed E-state index contributed by atoms with van der Waals surface area (Å²) in [5, 5.41) is 16.1. The van der Waals surface area contributed by atoms with Gasteiger partial charge >= 0.3 is 0 Å². The maximum atomic E-state index is 9.60. The largest absolute Gasteiger partial charge is 0.504 e. The highest BCUT2D eigenvalue weighted by molar-refractivity contribution is 5.79. The zero-order valence-corrected chi connectivity index (χ0v) is 13.5. The molecule has 6 heteroatoms. The van der Waals surface area contributed by atoms with Crippen molar-refractivity contribution in [2.24, 2.45) is 4.99 Å². The maximum absolute atomic E-state index is 9.60. The number of guanidine groups is 1. The van der Waals surface area contributed by atoms with Gasteiger partial charge in [-0.15, -0.1) is 0 Å². The lowest BCUT2D eigenvalue weighted by atomic mass is 10.1. The number of benzene rings is 1. The summed E-state index contributed by atoms with van der Waals surface area (Å²) in [4.78, 5) is 4.47. The van der Waals surface area contributed by atoms with Crippen LogP contribution < -0.4 is 15.4 Å². The van der Waals surface area contributed by atoms with Gasteiger partial charge < -0.3 is 24.9 Å². The Morgan fingerprint density at radius 3 is 2.87 bits per heavy atom. The Morgan fingerprint density at radius 1 is 1.30 bits per heavy atom. The zero-order valence-electron chi connectivity index (χ0n) is 13.5. The molecule has 0 amide bonds. The molecule has 0 bridgehead atoms. The van der Waals surface area contributed by atoms with Gasteiger partial charge in [-0.05, 0) is 43.2 Å². The minimum Gasteiger partial charge on any atom is -0.504 e. The van der Waals surface area contributed by atoms with Gasteiger partial charge in [-0.25, -0.2) is 4.99 Å². The van der Waals surface area contributed by atoms with Crippen molar-refractivity contribution in [3.8, 4) is 11.5 Å². The van der Waals surface area contributed by atoms with Gasteiger partial charge in [0.1, 0.15) is 12.3 Å². The first-order valence-electron chi connectivity index (χ1n) is 7.63. The average Bonchev–Trinajstić information content (AvgIpc) is 3.07. The summed E-state index contributed by atoms with van der Waals surface area (Å²) < 4.78 is 10.4. The molecule has 6 nitrogen and oxygen atoms in total. The molecule has 0 saturated carbocycles. The number of furan rings is 1. The van der Waals surface area contributed by atoms with Crippen LogP contribution in [0.1, 0.15) is 18.2 Å². The van der Waals surface area contributed by atoms with Crippen LogP contribution in [-0.2, 0) is 13.0 Å². The zero-order chi connectivity index (χ0) is 16.5. The molecule has 0 aliphatic heterocycles. The van der Waals surface area contributed by atoms with Gasteiger partial charge in [0, 0.05) is 13.1 Å². The number of phenols is 1. The molecule has 124 valence electrons. The predicted molar refractivity (Wildman–Crippen MR) is 89.9 cm³/mol. The van der Waals surface area contributed by atoms with Gasteiger partial charge in [0.2, 0.25) is 0 Å². The fraction of sp³-hybridized carbons (Fsp3) is 0.353. The number of phenolic OH excluding ortho intramolecular Hbond substituents is 1. The van der Waals surface area contributed by atoms with Gasteiger partial charge in [0.05, 0.1) is 13.4 Å². The predicted octanol–water partition coefficient (Wildman–Crippen LogP) is 2.29. The summed E-state index contributed by atoms with van der Waals surface area (Å²) in [6, 6.07) is 9.11. The number of nitrogens with zero attached hydrogens (tertiary/aromatic N) is 1. The van der Waals surface area contributed by atoms with E-state index in [0.717, 1.165) is 36.8 Å². The molecule has 0 aliphatic rings. The van der Waals surface area contributed by atoms with E-state index < -0.39 is 0 Å². The Labute approximate surface area is 136 Å². The number of rotatable bonds is 7. The number of hydrogen-bond donors (Lipinski definition) is 3. The lowest BCUT2D eigenvalue weighted by Crippen LogP contribution is -2.38. The Hall–Kier alpha value is -2.63. The topological polar surface area (TPSA) is 79.0 Å². The number of methoxy groups -OCH3 is 1. The quantitative estimate of drug-likeness (QED) is 0.539. The highest BCUT2D eigenvalue weighted by Gasteiger charge is 2.03. The number of aromatic hydroxyl groups is 1.